The molecule has 3 aromatic carbocycles. The summed E-state index contributed by atoms with van der Waals surface area (Å²) in [6, 6.07) is 26.3. The molecule has 0 aliphatic rings. The van der Waals surface area contributed by atoms with Crippen molar-refractivity contribution in [1.29, 1.82) is 0 Å². The zero-order chi connectivity index (χ0) is 18.4. The van der Waals surface area contributed by atoms with Crippen LogP contribution < -0.4 is 0 Å². The molecule has 0 radical (unpaired) electrons. The molecule has 0 spiro atoms. The fourth-order valence-electron chi connectivity index (χ4n) is 2.55. The van der Waals surface area contributed by atoms with E-state index in [2.05, 4.69) is 0 Å². The monoisotopic (exact) mass is 360 g/mol. The van der Waals surface area contributed by atoms with Gasteiger partial charge in [0.2, 0.25) is 0 Å². The van der Waals surface area contributed by atoms with E-state index in [4.69, 9.17) is 0 Å². The average Bonchev–Trinajstić information content (AvgIpc) is 2.67. The highest BCUT2D eigenvalue weighted by Crippen LogP contribution is 2.22. The highest BCUT2D eigenvalue weighted by Gasteiger charge is 2.12. The Bertz CT molecular complexity index is 1010. The van der Waals surface area contributed by atoms with Crippen LogP contribution in [0, 0.1) is 6.92 Å². The Hall–Kier alpha value is -2.91. The van der Waals surface area contributed by atoms with Gasteiger partial charge in [0.25, 0.3) is 0 Å². The Morgan fingerprint density at radius 2 is 1.35 bits per heavy atom. The summed E-state index contributed by atoms with van der Waals surface area (Å²) in [5, 5.41) is 1.34. The van der Waals surface area contributed by atoms with Crippen LogP contribution in [0.25, 0.3) is 11.6 Å². The van der Waals surface area contributed by atoms with E-state index >= 15 is 0 Å². The molecule has 26 heavy (non-hydrogen) atoms. The summed E-state index contributed by atoms with van der Waals surface area (Å²) in [4.78, 5) is 0.296. The van der Waals surface area contributed by atoms with Crippen molar-refractivity contribution < 1.29 is 8.42 Å². The van der Waals surface area contributed by atoms with Crippen LogP contribution >= 0.6 is 0 Å². The quantitative estimate of drug-likeness (QED) is 0.561. The maximum Gasteiger partial charge on any atom is 0.200 e. The minimum Gasteiger partial charge on any atom is -0.219 e. The molecule has 0 aliphatic heterocycles. The summed E-state index contributed by atoms with van der Waals surface area (Å²) in [6.07, 6.45) is 3.76. The first-order chi connectivity index (χ1) is 12.5. The van der Waals surface area contributed by atoms with Gasteiger partial charge in [0.1, 0.15) is 0 Å². The molecule has 3 aromatic rings. The van der Waals surface area contributed by atoms with Gasteiger partial charge in [0, 0.05) is 5.41 Å². The fraction of sp³-hybridized carbons (Fsp3) is 0.0435. The van der Waals surface area contributed by atoms with Crippen LogP contribution in [0.1, 0.15) is 16.7 Å². The first-order valence-corrected chi connectivity index (χ1v) is 9.91. The SMILES string of the molecule is Cc1ccc(S(=O)(=O)/C=C(\C=C/c2ccccc2)c2ccccc2)cc1. The number of rotatable bonds is 5. The van der Waals surface area contributed by atoms with E-state index in [0.29, 0.717) is 10.5 Å². The largest absolute Gasteiger partial charge is 0.219 e. The number of sulfone groups is 1. The minimum absolute atomic E-state index is 0.296. The Kier molecular flexibility index (Phi) is 5.49. The van der Waals surface area contributed by atoms with Crippen LogP contribution in [0.3, 0.4) is 0 Å². The van der Waals surface area contributed by atoms with E-state index in [1.165, 1.54) is 5.41 Å². The summed E-state index contributed by atoms with van der Waals surface area (Å²) < 4.78 is 25.7. The Morgan fingerprint density at radius 3 is 1.96 bits per heavy atom. The molecule has 0 fully saturated rings. The molecule has 0 saturated carbocycles. The van der Waals surface area contributed by atoms with Gasteiger partial charge in [-0.15, -0.1) is 0 Å². The van der Waals surface area contributed by atoms with Crippen molar-refractivity contribution in [1.82, 2.24) is 0 Å². The predicted octanol–water partition coefficient (Wildman–Crippen LogP) is 5.52. The lowest BCUT2D eigenvalue weighted by molar-refractivity contribution is 0.604. The summed E-state index contributed by atoms with van der Waals surface area (Å²) in [7, 11) is -3.54. The molecular formula is C23H20O2S. The highest BCUT2D eigenvalue weighted by atomic mass is 32.2. The zero-order valence-corrected chi connectivity index (χ0v) is 15.4. The number of allylic oxidation sites excluding steroid dienone is 2. The van der Waals surface area contributed by atoms with Crippen molar-refractivity contribution in [2.75, 3.05) is 0 Å². The molecule has 0 N–H and O–H groups in total. The van der Waals surface area contributed by atoms with Crippen molar-refractivity contribution in [3.8, 4) is 0 Å². The lowest BCUT2D eigenvalue weighted by atomic mass is 10.1. The average molecular weight is 360 g/mol. The summed E-state index contributed by atoms with van der Waals surface area (Å²) in [5.74, 6) is 0. The molecule has 2 nitrogen and oxygen atoms in total. The van der Waals surface area contributed by atoms with Crippen LogP contribution in [-0.2, 0) is 9.84 Å². The molecule has 0 unspecified atom stereocenters. The van der Waals surface area contributed by atoms with Crippen molar-refractivity contribution >= 4 is 21.5 Å². The Morgan fingerprint density at radius 1 is 0.769 bits per heavy atom. The van der Waals surface area contributed by atoms with Gasteiger partial charge in [-0.05, 0) is 35.8 Å². The van der Waals surface area contributed by atoms with E-state index in [1.54, 1.807) is 12.1 Å². The Balaban J connectivity index is 2.04. The van der Waals surface area contributed by atoms with Gasteiger partial charge in [0.15, 0.2) is 9.84 Å². The minimum atomic E-state index is -3.54. The molecule has 0 aliphatic carbocycles. The van der Waals surface area contributed by atoms with Crippen LogP contribution in [0.5, 0.6) is 0 Å². The van der Waals surface area contributed by atoms with Crippen LogP contribution in [0.2, 0.25) is 0 Å². The number of hydrogen-bond donors (Lipinski definition) is 0. The molecule has 0 heterocycles. The van der Waals surface area contributed by atoms with Crippen molar-refractivity contribution in [2.45, 2.75) is 11.8 Å². The predicted molar refractivity (Wildman–Crippen MR) is 108 cm³/mol. The second kappa shape index (κ2) is 7.98. The van der Waals surface area contributed by atoms with E-state index in [-0.39, 0.29) is 0 Å². The van der Waals surface area contributed by atoms with Crippen LogP contribution in [0.4, 0.5) is 0 Å². The number of aryl methyl sites for hydroxylation is 1. The summed E-state index contributed by atoms with van der Waals surface area (Å²) >= 11 is 0. The third-order valence-electron chi connectivity index (χ3n) is 3.99. The third kappa shape index (κ3) is 4.58. The van der Waals surface area contributed by atoms with Crippen molar-refractivity contribution in [3.63, 3.8) is 0 Å². The smallest absolute Gasteiger partial charge is 0.200 e. The van der Waals surface area contributed by atoms with E-state index in [1.807, 2.05) is 91.9 Å². The second-order valence-electron chi connectivity index (χ2n) is 6.04. The second-order valence-corrected chi connectivity index (χ2v) is 7.84. The third-order valence-corrected chi connectivity index (χ3v) is 5.49. The maximum absolute atomic E-state index is 12.8. The van der Waals surface area contributed by atoms with Crippen LogP contribution in [-0.4, -0.2) is 8.42 Å². The summed E-state index contributed by atoms with van der Waals surface area (Å²) in [6.45, 7) is 1.93. The molecular weight excluding hydrogens is 340 g/mol. The Labute approximate surface area is 155 Å². The molecule has 0 bridgehead atoms. The van der Waals surface area contributed by atoms with Gasteiger partial charge in [-0.2, -0.15) is 0 Å². The van der Waals surface area contributed by atoms with Gasteiger partial charge in [-0.25, -0.2) is 8.42 Å². The van der Waals surface area contributed by atoms with Gasteiger partial charge >= 0.3 is 0 Å². The molecule has 3 heteroatoms. The molecule has 0 saturated heterocycles. The zero-order valence-electron chi connectivity index (χ0n) is 14.5. The van der Waals surface area contributed by atoms with Gasteiger partial charge in [-0.3, -0.25) is 0 Å². The van der Waals surface area contributed by atoms with Crippen LogP contribution in [0.15, 0.2) is 101 Å². The standard InChI is InChI=1S/C23H20O2S/c1-19-12-16-23(17-13-19)26(24,25)18-22(21-10-6-3-7-11-21)15-14-20-8-4-2-5-9-20/h2-18H,1H3/b15-14-,22-18+. The van der Waals surface area contributed by atoms with Crippen molar-refractivity contribution in [2.24, 2.45) is 0 Å². The van der Waals surface area contributed by atoms with E-state index in [0.717, 1.165) is 16.7 Å². The number of hydrogen-bond acceptors (Lipinski definition) is 2. The maximum atomic E-state index is 12.8. The molecule has 130 valence electrons. The first-order valence-electron chi connectivity index (χ1n) is 8.37. The van der Waals surface area contributed by atoms with Gasteiger partial charge in [-0.1, -0.05) is 90.5 Å². The number of benzene rings is 3. The topological polar surface area (TPSA) is 34.1 Å². The highest BCUT2D eigenvalue weighted by molar-refractivity contribution is 7.94. The molecule has 0 atom stereocenters. The first kappa shape index (κ1) is 17.9. The lowest BCUT2D eigenvalue weighted by Gasteiger charge is -2.05. The summed E-state index contributed by atoms with van der Waals surface area (Å²) in [5.41, 5.74) is 3.55. The molecule has 3 rings (SSSR count). The van der Waals surface area contributed by atoms with E-state index in [9.17, 15) is 8.42 Å². The normalized spacial score (nSPS) is 12.4. The fourth-order valence-corrected chi connectivity index (χ4v) is 3.75. The lowest BCUT2D eigenvalue weighted by Crippen LogP contribution is -1.98. The van der Waals surface area contributed by atoms with E-state index < -0.39 is 9.84 Å². The molecule has 0 aromatic heterocycles. The van der Waals surface area contributed by atoms with Gasteiger partial charge in [0.05, 0.1) is 4.90 Å². The molecule has 0 amide bonds. The van der Waals surface area contributed by atoms with Gasteiger partial charge < -0.3 is 0 Å². The van der Waals surface area contributed by atoms with Crippen molar-refractivity contribution in [3.05, 3.63) is 113 Å².